The zero-order chi connectivity index (χ0) is 15.1. The number of aliphatic hydroxyl groups is 1. The average molecular weight is 294 g/mol. The predicted octanol–water partition coefficient (Wildman–Crippen LogP) is 3.16. The maximum Gasteiger partial charge on any atom is 0.0952 e. The smallest absolute Gasteiger partial charge is 0.0952 e. The Balaban J connectivity index is 1.67. The van der Waals surface area contributed by atoms with E-state index < -0.39 is 6.10 Å². The van der Waals surface area contributed by atoms with Crippen LogP contribution in [0.4, 0.5) is 0 Å². The second-order valence-electron chi connectivity index (χ2n) is 6.61. The second kappa shape index (κ2) is 5.49. The summed E-state index contributed by atoms with van der Waals surface area (Å²) in [6.45, 7) is 6.11. The molecule has 1 aromatic heterocycles. The lowest BCUT2D eigenvalue weighted by molar-refractivity contribution is -0.0444. The van der Waals surface area contributed by atoms with E-state index in [-0.39, 0.29) is 6.04 Å². The summed E-state index contributed by atoms with van der Waals surface area (Å²) < 4.78 is 0. The van der Waals surface area contributed by atoms with Crippen LogP contribution in [0, 0.1) is 11.8 Å². The topological polar surface area (TPSA) is 36.4 Å². The molecule has 0 radical (unpaired) electrons. The molecule has 4 heterocycles. The lowest BCUT2D eigenvalue weighted by Gasteiger charge is -2.50. The standard InChI is InChI=1S/C19H22N2O/c1-2-13-12-21-10-8-14(13)11-18(21)19(22)16-7-9-20-17-6-4-3-5-15(16)17/h2-7,9,13-14,18-19,22H,1,8,10-12H2/t13-,14?,18?,19?/m0/s1. The van der Waals surface area contributed by atoms with Gasteiger partial charge in [0.2, 0.25) is 0 Å². The van der Waals surface area contributed by atoms with Crippen LogP contribution in [0.1, 0.15) is 24.5 Å². The van der Waals surface area contributed by atoms with Gasteiger partial charge in [-0.2, -0.15) is 0 Å². The van der Waals surface area contributed by atoms with Crippen molar-refractivity contribution in [2.45, 2.75) is 25.0 Å². The maximum atomic E-state index is 11.0. The van der Waals surface area contributed by atoms with Crippen LogP contribution >= 0.6 is 0 Å². The highest BCUT2D eigenvalue weighted by molar-refractivity contribution is 5.82. The lowest BCUT2D eigenvalue weighted by atomic mass is 9.73. The molecule has 22 heavy (non-hydrogen) atoms. The van der Waals surface area contributed by atoms with Crippen molar-refractivity contribution in [2.75, 3.05) is 13.1 Å². The average Bonchev–Trinajstić information content (AvgIpc) is 2.60. The highest BCUT2D eigenvalue weighted by atomic mass is 16.3. The van der Waals surface area contributed by atoms with Crippen LogP contribution in [-0.2, 0) is 0 Å². The van der Waals surface area contributed by atoms with Crippen LogP contribution in [0.3, 0.4) is 0 Å². The van der Waals surface area contributed by atoms with Crippen molar-refractivity contribution in [1.29, 1.82) is 0 Å². The lowest BCUT2D eigenvalue weighted by Crippen LogP contribution is -2.54. The predicted molar refractivity (Wildman–Crippen MR) is 88.5 cm³/mol. The van der Waals surface area contributed by atoms with E-state index in [4.69, 9.17) is 0 Å². The third-order valence-electron chi connectivity index (χ3n) is 5.52. The molecule has 5 atom stereocenters. The van der Waals surface area contributed by atoms with Crippen molar-refractivity contribution in [3.05, 3.63) is 54.7 Å². The van der Waals surface area contributed by atoms with Gasteiger partial charge in [-0.05, 0) is 48.9 Å². The first-order valence-corrected chi connectivity index (χ1v) is 8.16. The number of aliphatic hydroxyl groups excluding tert-OH is 1. The van der Waals surface area contributed by atoms with E-state index in [9.17, 15) is 5.11 Å². The van der Waals surface area contributed by atoms with E-state index in [1.807, 2.05) is 30.5 Å². The minimum Gasteiger partial charge on any atom is -0.387 e. The fraction of sp³-hybridized carbons (Fsp3) is 0.421. The molecule has 1 N–H and O–H groups in total. The zero-order valence-corrected chi connectivity index (χ0v) is 12.7. The van der Waals surface area contributed by atoms with Crippen molar-refractivity contribution in [2.24, 2.45) is 11.8 Å². The number of rotatable bonds is 3. The van der Waals surface area contributed by atoms with Crippen LogP contribution < -0.4 is 0 Å². The van der Waals surface area contributed by atoms with Crippen LogP contribution in [0.5, 0.6) is 0 Å². The summed E-state index contributed by atoms with van der Waals surface area (Å²) in [7, 11) is 0. The van der Waals surface area contributed by atoms with Gasteiger partial charge in [-0.3, -0.25) is 9.88 Å². The first-order valence-electron chi connectivity index (χ1n) is 8.16. The second-order valence-corrected chi connectivity index (χ2v) is 6.61. The number of fused-ring (bicyclic) bond motifs is 4. The Morgan fingerprint density at radius 3 is 2.95 bits per heavy atom. The molecule has 3 heteroatoms. The van der Waals surface area contributed by atoms with E-state index in [1.54, 1.807) is 0 Å². The first kappa shape index (κ1) is 13.9. The monoisotopic (exact) mass is 294 g/mol. The summed E-state index contributed by atoms with van der Waals surface area (Å²) in [4.78, 5) is 6.86. The van der Waals surface area contributed by atoms with Crippen LogP contribution in [0.15, 0.2) is 49.2 Å². The number of benzene rings is 1. The third-order valence-corrected chi connectivity index (χ3v) is 5.52. The zero-order valence-electron chi connectivity index (χ0n) is 12.7. The fourth-order valence-corrected chi connectivity index (χ4v) is 4.29. The first-order chi connectivity index (χ1) is 10.8. The molecule has 0 amide bonds. The van der Waals surface area contributed by atoms with Gasteiger partial charge in [0.1, 0.15) is 0 Å². The van der Waals surface area contributed by atoms with Crippen molar-refractivity contribution in [3.8, 4) is 0 Å². The molecule has 3 aliphatic rings. The Bertz CT molecular complexity index is 693. The summed E-state index contributed by atoms with van der Waals surface area (Å²) in [5.74, 6) is 1.27. The molecular weight excluding hydrogens is 272 g/mol. The highest BCUT2D eigenvalue weighted by Crippen LogP contribution is 2.41. The highest BCUT2D eigenvalue weighted by Gasteiger charge is 2.42. The summed E-state index contributed by atoms with van der Waals surface area (Å²) in [6, 6.07) is 10.3. The van der Waals surface area contributed by atoms with Crippen LogP contribution in [0.2, 0.25) is 0 Å². The number of para-hydroxylation sites is 1. The van der Waals surface area contributed by atoms with Gasteiger partial charge in [-0.25, -0.2) is 0 Å². The molecule has 2 aromatic rings. The number of aromatic nitrogens is 1. The third kappa shape index (κ3) is 2.16. The van der Waals surface area contributed by atoms with Gasteiger partial charge in [0, 0.05) is 24.2 Å². The van der Waals surface area contributed by atoms with Crippen molar-refractivity contribution >= 4 is 10.9 Å². The van der Waals surface area contributed by atoms with E-state index in [0.717, 1.165) is 36.0 Å². The number of hydrogen-bond acceptors (Lipinski definition) is 3. The fourth-order valence-electron chi connectivity index (χ4n) is 4.29. The van der Waals surface area contributed by atoms with E-state index in [2.05, 4.69) is 28.6 Å². The summed E-state index contributed by atoms with van der Waals surface area (Å²) in [5.41, 5.74) is 1.97. The molecule has 2 bridgehead atoms. The molecular formula is C19H22N2O. The van der Waals surface area contributed by atoms with Crippen molar-refractivity contribution < 1.29 is 5.11 Å². The number of nitrogens with zero attached hydrogens (tertiary/aromatic N) is 2. The molecule has 1 aromatic carbocycles. The minimum atomic E-state index is -0.443. The Labute approximate surface area is 131 Å². The Morgan fingerprint density at radius 2 is 2.18 bits per heavy atom. The number of pyridine rings is 1. The van der Waals surface area contributed by atoms with E-state index in [0.29, 0.717) is 11.8 Å². The number of hydrogen-bond donors (Lipinski definition) is 1. The maximum absolute atomic E-state index is 11.0. The molecule has 3 fully saturated rings. The Morgan fingerprint density at radius 1 is 1.32 bits per heavy atom. The van der Waals surface area contributed by atoms with Crippen molar-refractivity contribution in [3.63, 3.8) is 0 Å². The summed E-state index contributed by atoms with van der Waals surface area (Å²) in [6.07, 6.45) is 5.76. The van der Waals surface area contributed by atoms with Crippen LogP contribution in [-0.4, -0.2) is 34.1 Å². The van der Waals surface area contributed by atoms with Gasteiger partial charge in [0.05, 0.1) is 11.6 Å². The molecule has 3 nitrogen and oxygen atoms in total. The molecule has 114 valence electrons. The van der Waals surface area contributed by atoms with E-state index >= 15 is 0 Å². The van der Waals surface area contributed by atoms with Gasteiger partial charge >= 0.3 is 0 Å². The molecule has 0 aliphatic carbocycles. The van der Waals surface area contributed by atoms with Gasteiger partial charge in [-0.15, -0.1) is 6.58 Å². The minimum absolute atomic E-state index is 0.223. The number of piperidine rings is 3. The molecule has 0 spiro atoms. The molecule has 0 saturated carbocycles. The molecule has 3 saturated heterocycles. The molecule has 5 rings (SSSR count). The quantitative estimate of drug-likeness (QED) is 0.883. The van der Waals surface area contributed by atoms with E-state index in [1.165, 1.54) is 6.42 Å². The van der Waals surface area contributed by atoms with Gasteiger partial charge in [-0.1, -0.05) is 24.3 Å². The Hall–Kier alpha value is -1.71. The molecule has 3 aliphatic heterocycles. The normalized spacial score (nSPS) is 32.0. The molecule has 4 unspecified atom stereocenters. The van der Waals surface area contributed by atoms with Gasteiger partial charge < -0.3 is 5.11 Å². The van der Waals surface area contributed by atoms with Gasteiger partial charge in [0.15, 0.2) is 0 Å². The Kier molecular flexibility index (Phi) is 3.47. The van der Waals surface area contributed by atoms with Crippen molar-refractivity contribution in [1.82, 2.24) is 9.88 Å². The summed E-state index contributed by atoms with van der Waals surface area (Å²) in [5, 5.41) is 12.1. The van der Waals surface area contributed by atoms with Gasteiger partial charge in [0.25, 0.3) is 0 Å². The summed E-state index contributed by atoms with van der Waals surface area (Å²) >= 11 is 0. The SMILES string of the molecule is C=C[C@H]1CN2CCC1CC2C(O)c1ccnc2ccccc12. The van der Waals surface area contributed by atoms with Crippen LogP contribution in [0.25, 0.3) is 10.9 Å². The largest absolute Gasteiger partial charge is 0.387 e.